The van der Waals surface area contributed by atoms with Crippen molar-refractivity contribution in [3.05, 3.63) is 53.3 Å². The SMILES string of the molecule is Cc1ccc(Cl)cc1NC(=O)[C@H](C)Sc1n[nH]c(-c2ccncc2)n1. The maximum Gasteiger partial charge on any atom is 0.237 e. The number of anilines is 1. The minimum absolute atomic E-state index is 0.134. The molecule has 0 aliphatic carbocycles. The Balaban J connectivity index is 1.66. The first-order chi connectivity index (χ1) is 12.0. The maximum absolute atomic E-state index is 12.4. The maximum atomic E-state index is 12.4. The summed E-state index contributed by atoms with van der Waals surface area (Å²) >= 11 is 7.27. The van der Waals surface area contributed by atoms with Crippen molar-refractivity contribution in [2.24, 2.45) is 0 Å². The number of aryl methyl sites for hydroxylation is 1. The number of H-pyrrole nitrogens is 1. The molecule has 0 bridgehead atoms. The lowest BCUT2D eigenvalue weighted by Gasteiger charge is -2.12. The van der Waals surface area contributed by atoms with Crippen molar-refractivity contribution >= 4 is 35.0 Å². The summed E-state index contributed by atoms with van der Waals surface area (Å²) in [5, 5.41) is 10.7. The van der Waals surface area contributed by atoms with Crippen LogP contribution in [0.1, 0.15) is 12.5 Å². The van der Waals surface area contributed by atoms with Crippen molar-refractivity contribution in [3.8, 4) is 11.4 Å². The summed E-state index contributed by atoms with van der Waals surface area (Å²) in [7, 11) is 0. The molecule has 0 spiro atoms. The number of nitrogens with one attached hydrogen (secondary N) is 2. The van der Waals surface area contributed by atoms with E-state index < -0.39 is 0 Å². The quantitative estimate of drug-likeness (QED) is 0.661. The fourth-order valence-corrected chi connectivity index (χ4v) is 3.01. The van der Waals surface area contributed by atoms with Gasteiger partial charge in [0.1, 0.15) is 0 Å². The molecule has 0 aliphatic heterocycles. The second-order valence-corrected chi connectivity index (χ2v) is 7.16. The summed E-state index contributed by atoms with van der Waals surface area (Å²) in [6, 6.07) is 9.07. The molecule has 0 unspecified atom stereocenters. The number of aromatic nitrogens is 4. The second kappa shape index (κ2) is 7.67. The van der Waals surface area contributed by atoms with Gasteiger partial charge >= 0.3 is 0 Å². The van der Waals surface area contributed by atoms with Gasteiger partial charge in [-0.15, -0.1) is 5.10 Å². The van der Waals surface area contributed by atoms with Crippen LogP contribution in [0.4, 0.5) is 5.69 Å². The van der Waals surface area contributed by atoms with Gasteiger partial charge in [-0.25, -0.2) is 4.98 Å². The molecule has 2 heterocycles. The number of amides is 1. The van der Waals surface area contributed by atoms with E-state index in [1.54, 1.807) is 24.5 Å². The minimum Gasteiger partial charge on any atom is -0.325 e. The van der Waals surface area contributed by atoms with Crippen LogP contribution in [-0.2, 0) is 4.79 Å². The zero-order valence-corrected chi connectivity index (χ0v) is 15.2. The molecule has 3 aromatic rings. The molecule has 0 saturated heterocycles. The van der Waals surface area contributed by atoms with Crippen molar-refractivity contribution in [2.45, 2.75) is 24.3 Å². The summed E-state index contributed by atoms with van der Waals surface area (Å²) in [6.07, 6.45) is 3.38. The van der Waals surface area contributed by atoms with Gasteiger partial charge in [-0.2, -0.15) is 0 Å². The molecule has 6 nitrogen and oxygen atoms in total. The number of benzene rings is 1. The van der Waals surface area contributed by atoms with E-state index >= 15 is 0 Å². The van der Waals surface area contributed by atoms with E-state index in [-0.39, 0.29) is 11.2 Å². The molecule has 0 aliphatic rings. The van der Waals surface area contributed by atoms with Crippen LogP contribution >= 0.6 is 23.4 Å². The van der Waals surface area contributed by atoms with Gasteiger partial charge in [-0.3, -0.25) is 14.9 Å². The molecule has 0 fully saturated rings. The van der Waals surface area contributed by atoms with Crippen molar-refractivity contribution in [3.63, 3.8) is 0 Å². The number of thioether (sulfide) groups is 1. The number of carbonyl (C=O) groups excluding carboxylic acids is 1. The standard InChI is InChI=1S/C17H16ClN5OS/c1-10-3-4-13(18)9-14(10)20-16(24)11(2)25-17-21-15(22-23-17)12-5-7-19-8-6-12/h3-9,11H,1-2H3,(H,20,24)(H,21,22,23)/t11-/m0/s1. The highest BCUT2D eigenvalue weighted by Crippen LogP contribution is 2.25. The molecule has 1 amide bonds. The van der Waals surface area contributed by atoms with Crippen molar-refractivity contribution < 1.29 is 4.79 Å². The molecule has 1 aromatic carbocycles. The third kappa shape index (κ3) is 4.37. The van der Waals surface area contributed by atoms with Crippen molar-refractivity contribution in [1.29, 1.82) is 0 Å². The van der Waals surface area contributed by atoms with Crippen LogP contribution in [0.5, 0.6) is 0 Å². The van der Waals surface area contributed by atoms with Gasteiger partial charge in [-0.1, -0.05) is 29.4 Å². The Morgan fingerprint density at radius 2 is 2.04 bits per heavy atom. The number of aromatic amines is 1. The highest BCUT2D eigenvalue weighted by Gasteiger charge is 2.18. The van der Waals surface area contributed by atoms with Gasteiger partial charge < -0.3 is 5.32 Å². The second-order valence-electron chi connectivity index (χ2n) is 5.41. The van der Waals surface area contributed by atoms with E-state index in [2.05, 4.69) is 25.5 Å². The van der Waals surface area contributed by atoms with Gasteiger partial charge in [0.15, 0.2) is 5.82 Å². The number of nitrogens with zero attached hydrogens (tertiary/aromatic N) is 3. The summed E-state index contributed by atoms with van der Waals surface area (Å²) in [4.78, 5) is 20.8. The fraction of sp³-hybridized carbons (Fsp3) is 0.176. The van der Waals surface area contributed by atoms with E-state index in [9.17, 15) is 4.79 Å². The number of halogens is 1. The first-order valence-corrected chi connectivity index (χ1v) is 8.85. The average Bonchev–Trinajstić information content (AvgIpc) is 3.07. The largest absolute Gasteiger partial charge is 0.325 e. The lowest BCUT2D eigenvalue weighted by atomic mass is 10.2. The molecule has 3 rings (SSSR count). The Morgan fingerprint density at radius 3 is 2.80 bits per heavy atom. The fourth-order valence-electron chi connectivity index (χ4n) is 2.11. The van der Waals surface area contributed by atoms with Gasteiger partial charge in [0.05, 0.1) is 5.25 Å². The Hall–Kier alpha value is -2.38. The predicted octanol–water partition coefficient (Wildman–Crippen LogP) is 3.95. The van der Waals surface area contributed by atoms with Gasteiger partial charge in [-0.05, 0) is 43.7 Å². The normalized spacial score (nSPS) is 12.0. The molecule has 25 heavy (non-hydrogen) atoms. The third-order valence-electron chi connectivity index (χ3n) is 3.53. The van der Waals surface area contributed by atoms with Crippen LogP contribution in [0.3, 0.4) is 0 Å². The first-order valence-electron chi connectivity index (χ1n) is 7.59. The summed E-state index contributed by atoms with van der Waals surface area (Å²) in [6.45, 7) is 3.72. The zero-order chi connectivity index (χ0) is 17.8. The van der Waals surface area contributed by atoms with Crippen LogP contribution in [0.25, 0.3) is 11.4 Å². The molecule has 2 aromatic heterocycles. The molecule has 0 radical (unpaired) electrons. The summed E-state index contributed by atoms with van der Waals surface area (Å²) in [5.41, 5.74) is 2.55. The van der Waals surface area contributed by atoms with Gasteiger partial charge in [0, 0.05) is 28.7 Å². The smallest absolute Gasteiger partial charge is 0.237 e. The number of hydrogen-bond donors (Lipinski definition) is 2. The summed E-state index contributed by atoms with van der Waals surface area (Å²) in [5.74, 6) is 0.508. The number of carbonyl (C=O) groups is 1. The Kier molecular flexibility index (Phi) is 5.35. The molecule has 2 N–H and O–H groups in total. The lowest BCUT2D eigenvalue weighted by Crippen LogP contribution is -2.23. The van der Waals surface area contributed by atoms with Crippen LogP contribution in [0.15, 0.2) is 47.9 Å². The zero-order valence-electron chi connectivity index (χ0n) is 13.7. The van der Waals surface area contributed by atoms with Crippen LogP contribution < -0.4 is 5.32 Å². The Morgan fingerprint density at radius 1 is 1.28 bits per heavy atom. The van der Waals surface area contributed by atoms with Crippen LogP contribution in [-0.4, -0.2) is 31.3 Å². The van der Waals surface area contributed by atoms with E-state index in [0.29, 0.717) is 21.7 Å². The summed E-state index contributed by atoms with van der Waals surface area (Å²) < 4.78 is 0. The van der Waals surface area contributed by atoms with Crippen LogP contribution in [0.2, 0.25) is 5.02 Å². The predicted molar refractivity (Wildman–Crippen MR) is 99.8 cm³/mol. The van der Waals surface area contributed by atoms with E-state index in [1.165, 1.54) is 11.8 Å². The van der Waals surface area contributed by atoms with E-state index in [1.807, 2.05) is 32.0 Å². The van der Waals surface area contributed by atoms with E-state index in [4.69, 9.17) is 11.6 Å². The Bertz CT molecular complexity index is 884. The van der Waals surface area contributed by atoms with Gasteiger partial charge in [0.2, 0.25) is 11.1 Å². The van der Waals surface area contributed by atoms with Crippen molar-refractivity contribution in [1.82, 2.24) is 20.2 Å². The van der Waals surface area contributed by atoms with E-state index in [0.717, 1.165) is 11.1 Å². The minimum atomic E-state index is -0.362. The monoisotopic (exact) mass is 373 g/mol. The molecule has 128 valence electrons. The van der Waals surface area contributed by atoms with Crippen molar-refractivity contribution in [2.75, 3.05) is 5.32 Å². The Labute approximate surface area is 154 Å². The molecular formula is C17H16ClN5OS. The van der Waals surface area contributed by atoms with Gasteiger partial charge in [0.25, 0.3) is 0 Å². The molecule has 0 saturated carbocycles. The van der Waals surface area contributed by atoms with Crippen LogP contribution in [0, 0.1) is 6.92 Å². The highest BCUT2D eigenvalue weighted by molar-refractivity contribution is 8.00. The number of hydrogen-bond acceptors (Lipinski definition) is 5. The molecule has 1 atom stereocenters. The molecular weight excluding hydrogens is 358 g/mol. The highest BCUT2D eigenvalue weighted by atomic mass is 35.5. The lowest BCUT2D eigenvalue weighted by molar-refractivity contribution is -0.115. The first kappa shape index (κ1) is 17.4. The molecule has 8 heteroatoms. The number of rotatable bonds is 5. The number of pyridine rings is 1. The average molecular weight is 374 g/mol. The topological polar surface area (TPSA) is 83.6 Å². The third-order valence-corrected chi connectivity index (χ3v) is 4.72.